The topological polar surface area (TPSA) is 54.5 Å². The molecule has 0 unspecified atom stereocenters. The van der Waals surface area contributed by atoms with Gasteiger partial charge in [-0.1, -0.05) is 48.5 Å². The van der Waals surface area contributed by atoms with Crippen molar-refractivity contribution < 1.29 is 9.53 Å². The molecule has 1 N–H and O–H groups in total. The molecule has 0 aliphatic carbocycles. The maximum Gasteiger partial charge on any atom is 0.436 e. The van der Waals surface area contributed by atoms with Crippen LogP contribution in [0.5, 0.6) is 0 Å². The largest absolute Gasteiger partial charge is 0.442 e. The zero-order chi connectivity index (χ0) is 19.4. The number of hydrogen-bond donors (Lipinski definition) is 1. The molecule has 3 aromatic rings. The molecule has 0 atom stereocenters. The van der Waals surface area contributed by atoms with E-state index in [2.05, 4.69) is 10.4 Å². The van der Waals surface area contributed by atoms with E-state index in [0.29, 0.717) is 5.13 Å². The van der Waals surface area contributed by atoms with E-state index in [0.717, 1.165) is 22.5 Å². The third kappa shape index (κ3) is 4.86. The lowest BCUT2D eigenvalue weighted by Gasteiger charge is -2.27. The van der Waals surface area contributed by atoms with E-state index in [1.54, 1.807) is 0 Å². The van der Waals surface area contributed by atoms with Gasteiger partial charge in [-0.3, -0.25) is 5.43 Å². The van der Waals surface area contributed by atoms with Gasteiger partial charge in [-0.2, -0.15) is 5.01 Å². The molecule has 1 aromatic heterocycles. The number of amides is 1. The van der Waals surface area contributed by atoms with Crippen molar-refractivity contribution in [1.82, 2.24) is 4.98 Å². The normalized spacial score (nSPS) is 11.1. The molecule has 0 aliphatic rings. The second kappa shape index (κ2) is 7.80. The minimum atomic E-state index is -0.609. The number of ether oxygens (including phenoxy) is 1. The predicted molar refractivity (Wildman–Crippen MR) is 111 cm³/mol. The first-order valence-corrected chi connectivity index (χ1v) is 9.58. The summed E-state index contributed by atoms with van der Waals surface area (Å²) >= 11 is 1.38. The number of benzene rings is 2. The molecule has 0 bridgehead atoms. The van der Waals surface area contributed by atoms with Crippen LogP contribution in [-0.4, -0.2) is 16.7 Å². The predicted octanol–water partition coefficient (Wildman–Crippen LogP) is 5.89. The molecule has 1 heterocycles. The highest BCUT2D eigenvalue weighted by molar-refractivity contribution is 7.14. The van der Waals surface area contributed by atoms with Crippen LogP contribution in [0, 0.1) is 6.92 Å². The number of carbonyl (C=O) groups excluding carboxylic acids is 1. The van der Waals surface area contributed by atoms with Crippen molar-refractivity contribution >= 4 is 28.2 Å². The first kappa shape index (κ1) is 18.9. The van der Waals surface area contributed by atoms with Crippen molar-refractivity contribution in [3.05, 3.63) is 65.5 Å². The summed E-state index contributed by atoms with van der Waals surface area (Å²) in [7, 11) is 0. The first-order valence-electron chi connectivity index (χ1n) is 8.70. The van der Waals surface area contributed by atoms with Gasteiger partial charge >= 0.3 is 6.09 Å². The van der Waals surface area contributed by atoms with Gasteiger partial charge in [-0.05, 0) is 39.3 Å². The van der Waals surface area contributed by atoms with Crippen molar-refractivity contribution in [1.29, 1.82) is 0 Å². The summed E-state index contributed by atoms with van der Waals surface area (Å²) in [5.41, 5.74) is 6.20. The number of anilines is 2. The molecule has 0 spiro atoms. The monoisotopic (exact) mass is 381 g/mol. The van der Waals surface area contributed by atoms with Gasteiger partial charge in [0.1, 0.15) is 5.60 Å². The molecule has 0 saturated heterocycles. The molecule has 5 nitrogen and oxygen atoms in total. The molecule has 0 aliphatic heterocycles. The van der Waals surface area contributed by atoms with Crippen LogP contribution in [0.3, 0.4) is 0 Å². The Morgan fingerprint density at radius 3 is 2.41 bits per heavy atom. The van der Waals surface area contributed by atoms with Crippen LogP contribution < -0.4 is 10.4 Å². The number of hydrogen-bond acceptors (Lipinski definition) is 5. The van der Waals surface area contributed by atoms with Crippen LogP contribution in [-0.2, 0) is 4.74 Å². The smallest absolute Gasteiger partial charge is 0.436 e. The first-order chi connectivity index (χ1) is 12.8. The summed E-state index contributed by atoms with van der Waals surface area (Å²) < 4.78 is 5.57. The van der Waals surface area contributed by atoms with E-state index in [9.17, 15) is 4.79 Å². The number of aromatic nitrogens is 1. The quantitative estimate of drug-likeness (QED) is 0.573. The van der Waals surface area contributed by atoms with Crippen LogP contribution in [0.4, 0.5) is 15.6 Å². The average molecular weight is 382 g/mol. The van der Waals surface area contributed by atoms with Gasteiger partial charge < -0.3 is 4.74 Å². The Hall–Kier alpha value is -2.86. The molecular formula is C21H23N3O2S. The molecule has 27 heavy (non-hydrogen) atoms. The van der Waals surface area contributed by atoms with Gasteiger partial charge in [0, 0.05) is 10.9 Å². The molecule has 2 aromatic carbocycles. The SMILES string of the molecule is Cc1ccccc1NN(C(=O)OC(C)(C)C)c1nc(-c2ccccc2)cs1. The fourth-order valence-corrected chi connectivity index (χ4v) is 3.19. The van der Waals surface area contributed by atoms with Crippen molar-refractivity contribution in [3.8, 4) is 11.3 Å². The standard InChI is InChI=1S/C21H23N3O2S/c1-15-10-8-9-13-17(15)23-24(20(25)26-21(2,3)4)19-22-18(14-27-19)16-11-6-5-7-12-16/h5-14,23H,1-4H3. The van der Waals surface area contributed by atoms with E-state index in [-0.39, 0.29) is 0 Å². The Morgan fingerprint density at radius 2 is 1.74 bits per heavy atom. The van der Waals surface area contributed by atoms with Crippen LogP contribution in [0.1, 0.15) is 26.3 Å². The van der Waals surface area contributed by atoms with Gasteiger partial charge in [0.15, 0.2) is 0 Å². The number of rotatable bonds is 4. The summed E-state index contributed by atoms with van der Waals surface area (Å²) in [5, 5.41) is 3.82. The molecule has 6 heteroatoms. The minimum Gasteiger partial charge on any atom is -0.442 e. The zero-order valence-corrected chi connectivity index (χ0v) is 16.7. The summed E-state index contributed by atoms with van der Waals surface area (Å²) in [6.45, 7) is 7.50. The molecule has 140 valence electrons. The maximum atomic E-state index is 12.8. The van der Waals surface area contributed by atoms with Crippen molar-refractivity contribution in [2.24, 2.45) is 0 Å². The number of aryl methyl sites for hydroxylation is 1. The van der Waals surface area contributed by atoms with E-state index in [4.69, 9.17) is 4.74 Å². The van der Waals surface area contributed by atoms with Gasteiger partial charge in [0.05, 0.1) is 11.4 Å². The molecule has 0 fully saturated rings. The van der Waals surface area contributed by atoms with E-state index in [1.807, 2.05) is 87.7 Å². The van der Waals surface area contributed by atoms with Gasteiger partial charge in [-0.15, -0.1) is 11.3 Å². The average Bonchev–Trinajstić information content (AvgIpc) is 3.10. The minimum absolute atomic E-state index is 0.500. The number of para-hydroxylation sites is 1. The van der Waals surface area contributed by atoms with Gasteiger partial charge in [0.25, 0.3) is 0 Å². The van der Waals surface area contributed by atoms with Crippen LogP contribution in [0.25, 0.3) is 11.3 Å². The van der Waals surface area contributed by atoms with Crippen molar-refractivity contribution in [2.45, 2.75) is 33.3 Å². The Kier molecular flexibility index (Phi) is 5.46. The highest BCUT2D eigenvalue weighted by Crippen LogP contribution is 2.29. The van der Waals surface area contributed by atoms with Gasteiger partial charge in [0.2, 0.25) is 5.13 Å². The molecule has 0 saturated carbocycles. The van der Waals surface area contributed by atoms with Crippen molar-refractivity contribution in [3.63, 3.8) is 0 Å². The second-order valence-corrected chi connectivity index (χ2v) is 7.96. The number of hydrazine groups is 1. The summed E-state index contributed by atoms with van der Waals surface area (Å²) in [4.78, 5) is 17.5. The Morgan fingerprint density at radius 1 is 1.07 bits per heavy atom. The van der Waals surface area contributed by atoms with Crippen LogP contribution in [0.15, 0.2) is 60.0 Å². The number of carbonyl (C=O) groups is 1. The Balaban J connectivity index is 1.93. The van der Waals surface area contributed by atoms with E-state index in [1.165, 1.54) is 16.3 Å². The number of nitrogens with one attached hydrogen (secondary N) is 1. The molecule has 3 rings (SSSR count). The Bertz CT molecular complexity index is 916. The van der Waals surface area contributed by atoms with Crippen LogP contribution >= 0.6 is 11.3 Å². The fraction of sp³-hybridized carbons (Fsp3) is 0.238. The maximum absolute atomic E-state index is 12.8. The van der Waals surface area contributed by atoms with Crippen molar-refractivity contribution in [2.75, 3.05) is 10.4 Å². The summed E-state index contributed by atoms with van der Waals surface area (Å²) in [6, 6.07) is 17.6. The highest BCUT2D eigenvalue weighted by atomic mass is 32.1. The van der Waals surface area contributed by atoms with Crippen LogP contribution in [0.2, 0.25) is 0 Å². The highest BCUT2D eigenvalue weighted by Gasteiger charge is 2.26. The summed E-state index contributed by atoms with van der Waals surface area (Å²) in [6.07, 6.45) is -0.500. The third-order valence-corrected chi connectivity index (χ3v) is 4.53. The van der Waals surface area contributed by atoms with Gasteiger partial charge in [-0.25, -0.2) is 9.78 Å². The van der Waals surface area contributed by atoms with E-state index >= 15 is 0 Å². The lowest BCUT2D eigenvalue weighted by atomic mass is 10.2. The molecular weight excluding hydrogens is 358 g/mol. The number of nitrogens with zero attached hydrogens (tertiary/aromatic N) is 2. The lowest BCUT2D eigenvalue weighted by Crippen LogP contribution is -2.40. The number of thiazole rings is 1. The van der Waals surface area contributed by atoms with E-state index < -0.39 is 11.7 Å². The molecule has 0 radical (unpaired) electrons. The Labute approximate surface area is 163 Å². The molecule has 1 amide bonds. The lowest BCUT2D eigenvalue weighted by molar-refractivity contribution is 0.0589. The third-order valence-electron chi connectivity index (χ3n) is 3.71. The second-order valence-electron chi connectivity index (χ2n) is 7.12. The fourth-order valence-electron chi connectivity index (χ4n) is 2.41. The zero-order valence-electron chi connectivity index (χ0n) is 15.9. The summed E-state index contributed by atoms with van der Waals surface area (Å²) in [5.74, 6) is 0.